The number of thioether (sulfide) groups is 1. The van der Waals surface area contributed by atoms with Gasteiger partial charge in [-0.25, -0.2) is 4.79 Å². The maximum absolute atomic E-state index is 12.3. The molecule has 0 radical (unpaired) electrons. The van der Waals surface area contributed by atoms with Gasteiger partial charge in [-0.1, -0.05) is 18.2 Å². The molecule has 0 spiro atoms. The van der Waals surface area contributed by atoms with Crippen molar-refractivity contribution >= 4 is 17.8 Å². The van der Waals surface area contributed by atoms with Gasteiger partial charge in [-0.15, -0.1) is 22.0 Å². The lowest BCUT2D eigenvalue weighted by Gasteiger charge is -2.26. The van der Waals surface area contributed by atoms with Crippen LogP contribution in [0.1, 0.15) is 36.8 Å². The van der Waals surface area contributed by atoms with Crippen LogP contribution in [-0.2, 0) is 7.05 Å². The first-order valence-corrected chi connectivity index (χ1v) is 8.26. The number of carbonyl (C=O) groups excluding carboxylic acids is 1. The molecule has 2 N–H and O–H groups in total. The third-order valence-electron chi connectivity index (χ3n) is 3.75. The number of nitrogens with one attached hydrogen (secondary N) is 2. The number of benzene rings is 1. The van der Waals surface area contributed by atoms with Crippen molar-refractivity contribution in [3.8, 4) is 0 Å². The van der Waals surface area contributed by atoms with Gasteiger partial charge in [0.2, 0.25) is 0 Å². The van der Waals surface area contributed by atoms with E-state index in [1.807, 2.05) is 37.9 Å². The van der Waals surface area contributed by atoms with E-state index in [9.17, 15) is 4.79 Å². The fourth-order valence-corrected chi connectivity index (χ4v) is 3.76. The van der Waals surface area contributed by atoms with Crippen molar-refractivity contribution in [1.29, 1.82) is 0 Å². The van der Waals surface area contributed by atoms with Gasteiger partial charge in [-0.2, -0.15) is 0 Å². The summed E-state index contributed by atoms with van der Waals surface area (Å²) < 4.78 is 1.80. The van der Waals surface area contributed by atoms with E-state index in [0.29, 0.717) is 0 Å². The zero-order valence-corrected chi connectivity index (χ0v) is 13.4. The number of carbonyl (C=O) groups is 1. The molecule has 0 bridgehead atoms. The SMILES string of the molecule is C[C@@H](NC(=O)N[C@@H]1CCSc2ccccc21)c1nncn1C. The van der Waals surface area contributed by atoms with Gasteiger partial charge in [0.1, 0.15) is 6.33 Å². The summed E-state index contributed by atoms with van der Waals surface area (Å²) in [4.78, 5) is 13.5. The van der Waals surface area contributed by atoms with Crippen LogP contribution in [-0.4, -0.2) is 26.5 Å². The van der Waals surface area contributed by atoms with Crippen LogP contribution in [0.15, 0.2) is 35.5 Å². The van der Waals surface area contributed by atoms with Crippen molar-refractivity contribution in [3.05, 3.63) is 42.0 Å². The Labute approximate surface area is 133 Å². The number of amides is 2. The molecule has 3 rings (SSSR count). The third-order valence-corrected chi connectivity index (χ3v) is 4.87. The molecule has 0 saturated heterocycles. The molecule has 1 aromatic carbocycles. The second-order valence-corrected chi connectivity index (χ2v) is 6.50. The largest absolute Gasteiger partial charge is 0.331 e. The summed E-state index contributed by atoms with van der Waals surface area (Å²) in [6.07, 6.45) is 2.56. The first-order valence-electron chi connectivity index (χ1n) is 7.28. The standard InChI is InChI=1S/C15H19N5OS/c1-10(14-19-16-9-20(14)2)17-15(21)18-12-7-8-22-13-6-4-3-5-11(12)13/h3-6,9-10,12H,7-8H2,1-2H3,(H2,17,18,21)/t10-,12-/m1/s1. The minimum absolute atomic E-state index is 0.0594. The average molecular weight is 317 g/mol. The van der Waals surface area contributed by atoms with Crippen molar-refractivity contribution in [2.24, 2.45) is 7.05 Å². The Kier molecular flexibility index (Phi) is 4.33. The fraction of sp³-hybridized carbons (Fsp3) is 0.400. The molecule has 0 fully saturated rings. The maximum atomic E-state index is 12.3. The highest BCUT2D eigenvalue weighted by atomic mass is 32.2. The summed E-state index contributed by atoms with van der Waals surface area (Å²) in [7, 11) is 1.86. The van der Waals surface area contributed by atoms with Crippen LogP contribution < -0.4 is 10.6 Å². The topological polar surface area (TPSA) is 71.8 Å². The van der Waals surface area contributed by atoms with Crippen molar-refractivity contribution in [2.75, 3.05) is 5.75 Å². The molecule has 0 aliphatic carbocycles. The highest BCUT2D eigenvalue weighted by Gasteiger charge is 2.23. The highest BCUT2D eigenvalue weighted by Crippen LogP contribution is 2.35. The van der Waals surface area contributed by atoms with E-state index >= 15 is 0 Å². The second kappa shape index (κ2) is 6.39. The normalized spacial score (nSPS) is 18.4. The Morgan fingerprint density at radius 2 is 2.27 bits per heavy atom. The van der Waals surface area contributed by atoms with Crippen LogP contribution in [0.3, 0.4) is 0 Å². The predicted octanol–water partition coefficient (Wildman–Crippen LogP) is 2.41. The first kappa shape index (κ1) is 14.9. The summed E-state index contributed by atoms with van der Waals surface area (Å²) in [5.74, 6) is 1.75. The lowest BCUT2D eigenvalue weighted by molar-refractivity contribution is 0.233. The van der Waals surface area contributed by atoms with E-state index in [0.717, 1.165) is 18.0 Å². The molecule has 2 aromatic rings. The maximum Gasteiger partial charge on any atom is 0.315 e. The van der Waals surface area contributed by atoms with Crippen LogP contribution in [0.2, 0.25) is 0 Å². The Morgan fingerprint density at radius 3 is 3.05 bits per heavy atom. The summed E-state index contributed by atoms with van der Waals surface area (Å²) in [6.45, 7) is 1.90. The van der Waals surface area contributed by atoms with E-state index in [4.69, 9.17) is 0 Å². The zero-order chi connectivity index (χ0) is 15.5. The van der Waals surface area contributed by atoms with E-state index in [1.54, 1.807) is 10.9 Å². The highest BCUT2D eigenvalue weighted by molar-refractivity contribution is 7.99. The minimum atomic E-state index is -0.194. The Hall–Kier alpha value is -2.02. The molecule has 6 nitrogen and oxygen atoms in total. The Morgan fingerprint density at radius 1 is 1.45 bits per heavy atom. The molecule has 0 unspecified atom stereocenters. The molecule has 1 aliphatic heterocycles. The zero-order valence-electron chi connectivity index (χ0n) is 12.6. The first-order chi connectivity index (χ1) is 10.6. The van der Waals surface area contributed by atoms with Gasteiger partial charge >= 0.3 is 6.03 Å². The summed E-state index contributed by atoms with van der Waals surface area (Å²) >= 11 is 1.84. The molecular formula is C15H19N5OS. The number of urea groups is 1. The summed E-state index contributed by atoms with van der Waals surface area (Å²) in [6, 6.07) is 7.92. The monoisotopic (exact) mass is 317 g/mol. The molecule has 1 aromatic heterocycles. The number of rotatable bonds is 3. The van der Waals surface area contributed by atoms with E-state index in [1.165, 1.54) is 10.5 Å². The summed E-state index contributed by atoms with van der Waals surface area (Å²) in [5, 5.41) is 13.8. The molecule has 22 heavy (non-hydrogen) atoms. The molecule has 1 aliphatic rings. The van der Waals surface area contributed by atoms with Crippen LogP contribution in [0.4, 0.5) is 4.79 Å². The van der Waals surface area contributed by atoms with Gasteiger partial charge in [0.25, 0.3) is 0 Å². The number of fused-ring (bicyclic) bond motifs is 1. The quantitative estimate of drug-likeness (QED) is 0.912. The fourth-order valence-electron chi connectivity index (χ4n) is 2.64. The lowest BCUT2D eigenvalue weighted by Crippen LogP contribution is -2.40. The van der Waals surface area contributed by atoms with E-state index in [2.05, 4.69) is 33.0 Å². The third kappa shape index (κ3) is 3.09. The molecule has 0 saturated carbocycles. The van der Waals surface area contributed by atoms with Crippen LogP contribution in [0.5, 0.6) is 0 Å². The van der Waals surface area contributed by atoms with Gasteiger partial charge in [0.05, 0.1) is 12.1 Å². The van der Waals surface area contributed by atoms with Crippen molar-refractivity contribution in [2.45, 2.75) is 30.3 Å². The lowest BCUT2D eigenvalue weighted by atomic mass is 10.0. The number of hydrogen-bond donors (Lipinski definition) is 2. The van der Waals surface area contributed by atoms with Crippen molar-refractivity contribution in [3.63, 3.8) is 0 Å². The van der Waals surface area contributed by atoms with Crippen LogP contribution >= 0.6 is 11.8 Å². The molecule has 2 atom stereocenters. The molecule has 7 heteroatoms. The van der Waals surface area contributed by atoms with Crippen LogP contribution in [0.25, 0.3) is 0 Å². The van der Waals surface area contributed by atoms with Gasteiger partial charge in [-0.3, -0.25) is 0 Å². The van der Waals surface area contributed by atoms with E-state index in [-0.39, 0.29) is 18.1 Å². The van der Waals surface area contributed by atoms with E-state index < -0.39 is 0 Å². The molecule has 2 heterocycles. The second-order valence-electron chi connectivity index (χ2n) is 5.37. The molecule has 116 valence electrons. The number of hydrogen-bond acceptors (Lipinski definition) is 4. The predicted molar refractivity (Wildman–Crippen MR) is 85.6 cm³/mol. The van der Waals surface area contributed by atoms with Crippen molar-refractivity contribution < 1.29 is 4.79 Å². The Balaban J connectivity index is 1.64. The van der Waals surface area contributed by atoms with Gasteiger partial charge < -0.3 is 15.2 Å². The van der Waals surface area contributed by atoms with Gasteiger partial charge in [0, 0.05) is 17.7 Å². The number of aromatic nitrogens is 3. The van der Waals surface area contributed by atoms with Gasteiger partial charge in [-0.05, 0) is 25.0 Å². The molecular weight excluding hydrogens is 298 g/mol. The van der Waals surface area contributed by atoms with Gasteiger partial charge in [0.15, 0.2) is 5.82 Å². The number of aryl methyl sites for hydroxylation is 1. The Bertz CT molecular complexity index is 671. The van der Waals surface area contributed by atoms with Crippen LogP contribution in [0, 0.1) is 0 Å². The minimum Gasteiger partial charge on any atom is -0.331 e. The summed E-state index contributed by atoms with van der Waals surface area (Å²) in [5.41, 5.74) is 1.19. The molecule has 2 amide bonds. The number of nitrogens with zero attached hydrogens (tertiary/aromatic N) is 3. The van der Waals surface area contributed by atoms with Crippen molar-refractivity contribution in [1.82, 2.24) is 25.4 Å². The smallest absolute Gasteiger partial charge is 0.315 e. The average Bonchev–Trinajstić information content (AvgIpc) is 2.94.